The van der Waals surface area contributed by atoms with E-state index in [1.165, 1.54) is 0 Å². The van der Waals surface area contributed by atoms with E-state index in [0.29, 0.717) is 0 Å². The van der Waals surface area contributed by atoms with Crippen LogP contribution in [0.4, 0.5) is 0 Å². The summed E-state index contributed by atoms with van der Waals surface area (Å²) in [5.41, 5.74) is 6.61. The minimum absolute atomic E-state index is 0.0879. The van der Waals surface area contributed by atoms with Gasteiger partial charge in [0.05, 0.1) is 0 Å². The van der Waals surface area contributed by atoms with Crippen LogP contribution in [0.2, 0.25) is 0 Å². The number of rotatable bonds is 5. The average Bonchev–Trinajstić information content (AvgIpc) is 1.98. The third-order valence-electron chi connectivity index (χ3n) is 1.27. The standard InChI is InChI=1S/C6H15N2PS/c1-5(8-9)6(7)3-4-10-2/h6,8H,1,3-4,7,9H2,2H3/t6-/m0/s1. The molecule has 0 aromatic rings. The Morgan fingerprint density at radius 2 is 2.50 bits per heavy atom. The number of nitrogens with two attached hydrogens (primary N) is 1. The fraction of sp³-hybridized carbons (Fsp3) is 0.667. The third-order valence-corrected chi connectivity index (χ3v) is 2.28. The van der Waals surface area contributed by atoms with Crippen molar-refractivity contribution in [1.82, 2.24) is 5.09 Å². The molecular formula is C6H15N2PS. The van der Waals surface area contributed by atoms with Crippen LogP contribution in [0.5, 0.6) is 0 Å². The van der Waals surface area contributed by atoms with Gasteiger partial charge in [-0.2, -0.15) is 11.8 Å². The highest BCUT2D eigenvalue weighted by atomic mass is 32.2. The molecule has 2 atom stereocenters. The minimum atomic E-state index is 0.0879. The van der Waals surface area contributed by atoms with Crippen molar-refractivity contribution in [3.8, 4) is 0 Å². The molecule has 0 aliphatic carbocycles. The Morgan fingerprint density at radius 3 is 2.90 bits per heavy atom. The number of thioether (sulfide) groups is 1. The first-order valence-electron chi connectivity index (χ1n) is 3.12. The second kappa shape index (κ2) is 6.02. The van der Waals surface area contributed by atoms with Crippen LogP contribution in [-0.2, 0) is 0 Å². The monoisotopic (exact) mass is 178 g/mol. The Labute approximate surface area is 69.3 Å². The third kappa shape index (κ3) is 4.15. The quantitative estimate of drug-likeness (QED) is 0.616. The van der Waals surface area contributed by atoms with E-state index >= 15 is 0 Å². The second-order valence-corrected chi connectivity index (χ2v) is 3.33. The van der Waals surface area contributed by atoms with Crippen LogP contribution in [0.1, 0.15) is 6.42 Å². The van der Waals surface area contributed by atoms with Gasteiger partial charge in [-0.15, -0.1) is 0 Å². The summed E-state index contributed by atoms with van der Waals surface area (Å²) < 4.78 is 0. The van der Waals surface area contributed by atoms with Crippen molar-refractivity contribution < 1.29 is 0 Å². The predicted molar refractivity (Wildman–Crippen MR) is 53.0 cm³/mol. The predicted octanol–water partition coefficient (Wildman–Crippen LogP) is 0.960. The lowest BCUT2D eigenvalue weighted by atomic mass is 10.2. The maximum Gasteiger partial charge on any atom is 0.0448 e. The molecule has 0 aromatic heterocycles. The van der Waals surface area contributed by atoms with E-state index in [2.05, 4.69) is 27.3 Å². The van der Waals surface area contributed by atoms with Crippen molar-refractivity contribution in [1.29, 1.82) is 0 Å². The summed E-state index contributed by atoms with van der Waals surface area (Å²) in [6, 6.07) is 0.0879. The Bertz CT molecular complexity index is 108. The molecule has 0 rings (SSSR count). The van der Waals surface area contributed by atoms with Crippen LogP contribution < -0.4 is 10.8 Å². The Hall–Kier alpha value is 0.280. The van der Waals surface area contributed by atoms with Gasteiger partial charge in [-0.25, -0.2) is 0 Å². The summed E-state index contributed by atoms with van der Waals surface area (Å²) in [6.07, 6.45) is 3.06. The molecule has 0 aromatic carbocycles. The summed E-state index contributed by atoms with van der Waals surface area (Å²) in [5, 5.41) is 2.86. The molecule has 2 nitrogen and oxygen atoms in total. The van der Waals surface area contributed by atoms with Gasteiger partial charge in [0, 0.05) is 11.7 Å². The molecule has 3 N–H and O–H groups in total. The van der Waals surface area contributed by atoms with E-state index in [0.717, 1.165) is 17.9 Å². The van der Waals surface area contributed by atoms with Gasteiger partial charge in [0.2, 0.25) is 0 Å². The van der Waals surface area contributed by atoms with Gasteiger partial charge >= 0.3 is 0 Å². The summed E-state index contributed by atoms with van der Waals surface area (Å²) in [6.45, 7) is 3.76. The molecule has 0 fully saturated rings. The summed E-state index contributed by atoms with van der Waals surface area (Å²) in [7, 11) is 2.39. The van der Waals surface area contributed by atoms with Crippen molar-refractivity contribution in [3.05, 3.63) is 12.3 Å². The first-order chi connectivity index (χ1) is 4.72. The maximum atomic E-state index is 5.73. The highest BCUT2D eigenvalue weighted by Gasteiger charge is 2.03. The first-order valence-corrected chi connectivity index (χ1v) is 5.09. The molecule has 0 spiro atoms. The van der Waals surface area contributed by atoms with Crippen LogP contribution in [0.3, 0.4) is 0 Å². The maximum absolute atomic E-state index is 5.73. The van der Waals surface area contributed by atoms with E-state index in [4.69, 9.17) is 5.73 Å². The molecule has 0 aliphatic rings. The number of hydrogen-bond acceptors (Lipinski definition) is 3. The smallest absolute Gasteiger partial charge is 0.0448 e. The van der Waals surface area contributed by atoms with Crippen LogP contribution in [0.25, 0.3) is 0 Å². The molecule has 0 saturated carbocycles. The summed E-state index contributed by atoms with van der Waals surface area (Å²) in [4.78, 5) is 0. The largest absolute Gasteiger partial charge is 0.372 e. The number of hydrogen-bond donors (Lipinski definition) is 2. The van der Waals surface area contributed by atoms with Gasteiger partial charge in [0.15, 0.2) is 0 Å². The fourth-order valence-electron chi connectivity index (χ4n) is 0.526. The molecule has 1 unspecified atom stereocenters. The van der Waals surface area contributed by atoms with Gasteiger partial charge in [-0.3, -0.25) is 0 Å². The van der Waals surface area contributed by atoms with Gasteiger partial charge in [-0.1, -0.05) is 6.58 Å². The van der Waals surface area contributed by atoms with Crippen molar-refractivity contribution >= 4 is 21.2 Å². The molecule has 0 radical (unpaired) electrons. The highest BCUT2D eigenvalue weighted by molar-refractivity contribution is 7.98. The van der Waals surface area contributed by atoms with Gasteiger partial charge < -0.3 is 10.8 Å². The molecule has 10 heavy (non-hydrogen) atoms. The van der Waals surface area contributed by atoms with Crippen molar-refractivity contribution in [2.45, 2.75) is 12.5 Å². The van der Waals surface area contributed by atoms with Gasteiger partial charge in [0.25, 0.3) is 0 Å². The molecule has 0 bridgehead atoms. The van der Waals surface area contributed by atoms with Crippen LogP contribution >= 0.6 is 21.2 Å². The van der Waals surface area contributed by atoms with Gasteiger partial charge in [-0.05, 0) is 27.8 Å². The molecule has 0 amide bonds. The summed E-state index contributed by atoms with van der Waals surface area (Å²) >= 11 is 1.80. The van der Waals surface area contributed by atoms with E-state index in [-0.39, 0.29) is 6.04 Å². The number of nitrogens with one attached hydrogen (secondary N) is 1. The second-order valence-electron chi connectivity index (χ2n) is 2.06. The van der Waals surface area contributed by atoms with Crippen LogP contribution in [0.15, 0.2) is 12.3 Å². The molecule has 0 aliphatic heterocycles. The van der Waals surface area contributed by atoms with Crippen LogP contribution in [-0.4, -0.2) is 18.1 Å². The molecule has 0 heterocycles. The highest BCUT2D eigenvalue weighted by Crippen LogP contribution is 2.03. The van der Waals surface area contributed by atoms with E-state index in [1.807, 2.05) is 0 Å². The lowest BCUT2D eigenvalue weighted by Crippen LogP contribution is -2.27. The minimum Gasteiger partial charge on any atom is -0.372 e. The first kappa shape index (κ1) is 10.3. The Morgan fingerprint density at radius 1 is 1.90 bits per heavy atom. The normalized spacial score (nSPS) is 12.7. The van der Waals surface area contributed by atoms with Crippen molar-refractivity contribution in [2.75, 3.05) is 12.0 Å². The van der Waals surface area contributed by atoms with Crippen LogP contribution in [0, 0.1) is 0 Å². The molecule has 4 heteroatoms. The van der Waals surface area contributed by atoms with Crippen molar-refractivity contribution in [2.24, 2.45) is 5.73 Å². The van der Waals surface area contributed by atoms with E-state index < -0.39 is 0 Å². The zero-order valence-electron chi connectivity index (χ0n) is 6.26. The molecular weight excluding hydrogens is 163 g/mol. The topological polar surface area (TPSA) is 38.0 Å². The SMILES string of the molecule is C=C(NP)[C@@H](N)CCSC. The Balaban J connectivity index is 3.41. The van der Waals surface area contributed by atoms with Crippen molar-refractivity contribution in [3.63, 3.8) is 0 Å². The molecule has 0 saturated heterocycles. The van der Waals surface area contributed by atoms with E-state index in [9.17, 15) is 0 Å². The zero-order valence-corrected chi connectivity index (χ0v) is 8.23. The van der Waals surface area contributed by atoms with E-state index in [1.54, 1.807) is 11.8 Å². The zero-order chi connectivity index (χ0) is 7.98. The van der Waals surface area contributed by atoms with Gasteiger partial charge in [0.1, 0.15) is 0 Å². The molecule has 60 valence electrons. The Kier molecular flexibility index (Phi) is 6.19. The lowest BCUT2D eigenvalue weighted by molar-refractivity contribution is 0.728. The fourth-order valence-corrected chi connectivity index (χ4v) is 1.23. The average molecular weight is 178 g/mol. The summed E-state index contributed by atoms with van der Waals surface area (Å²) in [5.74, 6) is 1.09. The lowest BCUT2D eigenvalue weighted by Gasteiger charge is -2.12.